The fourth-order valence-corrected chi connectivity index (χ4v) is 8.29. The minimum absolute atomic E-state index is 0.118. The molecule has 2 unspecified atom stereocenters. The lowest BCUT2D eigenvalue weighted by Gasteiger charge is -2.38. The molecule has 4 aliphatic rings. The zero-order chi connectivity index (χ0) is 23.1. The van der Waals surface area contributed by atoms with E-state index < -0.39 is 22.8 Å². The van der Waals surface area contributed by atoms with Gasteiger partial charge in [0.2, 0.25) is 5.82 Å². The van der Waals surface area contributed by atoms with Crippen LogP contribution in [0.2, 0.25) is 0 Å². The van der Waals surface area contributed by atoms with E-state index >= 15 is 0 Å². The molecule has 0 aromatic carbocycles. The standard InChI is InChI=1S/C23H28F3N5OS/c1-13(2)31-19(9-18(29-31)17-3-5-27-21(28-17)23(24,25)26)20-15-7-14(8-16(15)20)30-6-4-22(10-30)11-33(32)12-22/h3,5,9,13-16,20H,4,6-8,10-12H2,1-2H3/t14?,15-,16+,20?,22?,33?. The van der Waals surface area contributed by atoms with Gasteiger partial charge < -0.3 is 0 Å². The Hall–Kier alpha value is -1.81. The van der Waals surface area contributed by atoms with Gasteiger partial charge in [-0.25, -0.2) is 9.97 Å². The van der Waals surface area contributed by atoms with Crippen LogP contribution in [0.15, 0.2) is 18.3 Å². The predicted octanol–water partition coefficient (Wildman–Crippen LogP) is 3.89. The Morgan fingerprint density at radius 2 is 1.91 bits per heavy atom. The Labute approximate surface area is 193 Å². The van der Waals surface area contributed by atoms with Crippen LogP contribution >= 0.6 is 0 Å². The first-order valence-electron chi connectivity index (χ1n) is 11.7. The molecule has 0 radical (unpaired) electrons. The number of rotatable bonds is 4. The Bertz CT molecular complexity index is 1100. The molecule has 0 amide bonds. The van der Waals surface area contributed by atoms with Gasteiger partial charge in [-0.2, -0.15) is 18.3 Å². The van der Waals surface area contributed by atoms with E-state index in [2.05, 4.69) is 33.8 Å². The molecule has 2 aromatic heterocycles. The van der Waals surface area contributed by atoms with Gasteiger partial charge in [-0.1, -0.05) is 0 Å². The summed E-state index contributed by atoms with van der Waals surface area (Å²) in [6.45, 7) is 6.31. The lowest BCUT2D eigenvalue weighted by molar-refractivity contribution is -0.144. The Morgan fingerprint density at radius 1 is 1.18 bits per heavy atom. The van der Waals surface area contributed by atoms with E-state index in [0.29, 0.717) is 34.9 Å². The average molecular weight is 480 g/mol. The third kappa shape index (κ3) is 3.64. The third-order valence-electron chi connectivity index (χ3n) is 8.11. The van der Waals surface area contributed by atoms with Crippen molar-refractivity contribution in [3.05, 3.63) is 29.8 Å². The van der Waals surface area contributed by atoms with E-state index in [0.717, 1.165) is 36.5 Å². The van der Waals surface area contributed by atoms with Crippen LogP contribution in [0.25, 0.3) is 11.4 Å². The molecular formula is C23H28F3N5OS. The number of likely N-dealkylation sites (tertiary alicyclic amines) is 1. The average Bonchev–Trinajstić information content (AvgIpc) is 3.20. The predicted molar refractivity (Wildman–Crippen MR) is 118 cm³/mol. The molecule has 4 atom stereocenters. The van der Waals surface area contributed by atoms with E-state index in [1.54, 1.807) is 0 Å². The van der Waals surface area contributed by atoms with Gasteiger partial charge in [0, 0.05) is 64.2 Å². The first-order valence-corrected chi connectivity index (χ1v) is 13.2. The molecule has 4 fully saturated rings. The van der Waals surface area contributed by atoms with Gasteiger partial charge in [-0.3, -0.25) is 13.8 Å². The maximum atomic E-state index is 13.1. The van der Waals surface area contributed by atoms with Crippen molar-refractivity contribution in [2.75, 3.05) is 24.6 Å². The van der Waals surface area contributed by atoms with E-state index in [1.165, 1.54) is 25.3 Å². The number of nitrogens with zero attached hydrogens (tertiary/aromatic N) is 5. The summed E-state index contributed by atoms with van der Waals surface area (Å²) in [7, 11) is -0.602. The number of alkyl halides is 3. The zero-order valence-corrected chi connectivity index (χ0v) is 19.6. The van der Waals surface area contributed by atoms with Gasteiger partial charge in [-0.15, -0.1) is 0 Å². The van der Waals surface area contributed by atoms with Crippen molar-refractivity contribution in [1.29, 1.82) is 0 Å². The summed E-state index contributed by atoms with van der Waals surface area (Å²) in [4.78, 5) is 9.74. The molecule has 1 spiro atoms. The number of aromatic nitrogens is 4. The second-order valence-corrected chi connectivity index (χ2v) is 12.1. The molecule has 2 aliphatic heterocycles. The highest BCUT2D eigenvalue weighted by Crippen LogP contribution is 2.64. The van der Waals surface area contributed by atoms with E-state index in [-0.39, 0.29) is 11.7 Å². The SMILES string of the molecule is CC(C)n1nc(-c2ccnc(C(F)(F)F)n2)cc1C1[C@H]2CC(N3CCC4(C3)CS(=O)C4)C[C@@H]12. The van der Waals surface area contributed by atoms with Gasteiger partial charge in [-0.05, 0) is 63.6 Å². The fraction of sp³-hybridized carbons (Fsp3) is 0.696. The summed E-state index contributed by atoms with van der Waals surface area (Å²) in [5, 5.41) is 4.65. The van der Waals surface area contributed by atoms with Gasteiger partial charge in [0.25, 0.3) is 0 Å². The van der Waals surface area contributed by atoms with Gasteiger partial charge in [0.05, 0.1) is 5.69 Å². The minimum Gasteiger partial charge on any atom is -0.300 e. The maximum absolute atomic E-state index is 13.1. The molecule has 10 heteroatoms. The summed E-state index contributed by atoms with van der Waals surface area (Å²) < 4.78 is 52.8. The van der Waals surface area contributed by atoms with Crippen molar-refractivity contribution >= 4 is 10.8 Å². The minimum atomic E-state index is -4.58. The highest BCUT2D eigenvalue weighted by molar-refractivity contribution is 7.86. The summed E-state index contributed by atoms with van der Waals surface area (Å²) in [5.41, 5.74) is 2.12. The molecule has 6 rings (SSSR count). The second-order valence-electron chi connectivity index (χ2n) is 10.7. The van der Waals surface area contributed by atoms with Crippen molar-refractivity contribution in [2.24, 2.45) is 17.3 Å². The third-order valence-corrected chi connectivity index (χ3v) is 9.97. The smallest absolute Gasteiger partial charge is 0.300 e. The highest BCUT2D eigenvalue weighted by atomic mass is 32.2. The van der Waals surface area contributed by atoms with Gasteiger partial charge >= 0.3 is 6.18 Å². The fourth-order valence-electron chi connectivity index (χ4n) is 6.54. The van der Waals surface area contributed by atoms with Gasteiger partial charge in [0.15, 0.2) is 0 Å². The molecule has 178 valence electrons. The summed E-state index contributed by atoms with van der Waals surface area (Å²) >= 11 is 0. The second kappa shape index (κ2) is 7.34. The van der Waals surface area contributed by atoms with Crippen LogP contribution < -0.4 is 0 Å². The van der Waals surface area contributed by atoms with Crippen molar-refractivity contribution < 1.29 is 17.4 Å². The van der Waals surface area contributed by atoms with Crippen molar-refractivity contribution in [3.63, 3.8) is 0 Å². The molecule has 2 aliphatic carbocycles. The number of fused-ring (bicyclic) bond motifs is 1. The molecule has 2 saturated carbocycles. The monoisotopic (exact) mass is 479 g/mol. The lowest BCUT2D eigenvalue weighted by Crippen LogP contribution is -2.47. The largest absolute Gasteiger partial charge is 0.451 e. The normalized spacial score (nSPS) is 35.9. The molecule has 2 saturated heterocycles. The van der Waals surface area contributed by atoms with Gasteiger partial charge in [0.1, 0.15) is 5.69 Å². The van der Waals surface area contributed by atoms with Crippen molar-refractivity contribution in [1.82, 2.24) is 24.6 Å². The van der Waals surface area contributed by atoms with Crippen LogP contribution in [0.1, 0.15) is 56.6 Å². The topological polar surface area (TPSA) is 63.9 Å². The van der Waals surface area contributed by atoms with Crippen molar-refractivity contribution in [3.8, 4) is 11.4 Å². The first kappa shape index (κ1) is 21.7. The van der Waals surface area contributed by atoms with Crippen LogP contribution in [0.4, 0.5) is 13.2 Å². The Balaban J connectivity index is 1.18. The van der Waals surface area contributed by atoms with Crippen LogP contribution in [0.3, 0.4) is 0 Å². The number of hydrogen-bond acceptors (Lipinski definition) is 5. The maximum Gasteiger partial charge on any atom is 0.451 e. The number of halogens is 3. The summed E-state index contributed by atoms with van der Waals surface area (Å²) in [6.07, 6.45) is 0.0782. The molecule has 2 aromatic rings. The van der Waals surface area contributed by atoms with E-state index in [4.69, 9.17) is 0 Å². The first-order chi connectivity index (χ1) is 15.6. The summed E-state index contributed by atoms with van der Waals surface area (Å²) in [5.74, 6) is 2.26. The Kier molecular flexibility index (Phi) is 4.83. The lowest BCUT2D eigenvalue weighted by atomic mass is 9.91. The quantitative estimate of drug-likeness (QED) is 0.666. The molecule has 4 heterocycles. The number of hydrogen-bond donors (Lipinski definition) is 0. The molecule has 6 nitrogen and oxygen atoms in total. The van der Waals surface area contributed by atoms with Crippen LogP contribution in [0.5, 0.6) is 0 Å². The summed E-state index contributed by atoms with van der Waals surface area (Å²) in [6, 6.07) is 4.16. The molecule has 0 bridgehead atoms. The van der Waals surface area contributed by atoms with Crippen LogP contribution in [-0.2, 0) is 17.0 Å². The zero-order valence-electron chi connectivity index (χ0n) is 18.8. The molecule has 33 heavy (non-hydrogen) atoms. The van der Waals surface area contributed by atoms with E-state index in [9.17, 15) is 17.4 Å². The molecular weight excluding hydrogens is 451 g/mol. The van der Waals surface area contributed by atoms with Crippen LogP contribution in [-0.4, -0.2) is 59.5 Å². The van der Waals surface area contributed by atoms with E-state index in [1.807, 2.05) is 10.7 Å². The Morgan fingerprint density at radius 3 is 2.55 bits per heavy atom. The van der Waals surface area contributed by atoms with Crippen LogP contribution in [0, 0.1) is 17.3 Å². The molecule has 0 N–H and O–H groups in total. The highest BCUT2D eigenvalue weighted by Gasteiger charge is 2.60. The van der Waals surface area contributed by atoms with Crippen molar-refractivity contribution in [2.45, 2.75) is 57.3 Å².